The fraction of sp³-hybridized carbons (Fsp3) is 0.294. The fourth-order valence-corrected chi connectivity index (χ4v) is 8.16. The van der Waals surface area contributed by atoms with Gasteiger partial charge in [-0.05, 0) is 121 Å². The number of phenolic OH excluding ortho intramolecular Hbond substituents is 2. The molecular formula is C34H34N2O4. The van der Waals surface area contributed by atoms with E-state index in [9.17, 15) is 10.2 Å². The van der Waals surface area contributed by atoms with Gasteiger partial charge >= 0.3 is 0 Å². The number of phenols is 2. The van der Waals surface area contributed by atoms with Crippen molar-refractivity contribution in [1.82, 2.24) is 0 Å². The van der Waals surface area contributed by atoms with Gasteiger partial charge in [0, 0.05) is 12.1 Å². The van der Waals surface area contributed by atoms with Gasteiger partial charge in [0.05, 0.1) is 11.4 Å². The second-order valence-electron chi connectivity index (χ2n) is 12.2. The van der Waals surface area contributed by atoms with Crippen LogP contribution in [0.25, 0.3) is 0 Å². The SMILES string of the molecule is Nc1cc(Oc2ccc(C34CC5CC(C3)CC(c3ccc(Oc6ccc(O)c(N)c6)cc3)(C5)C4)cc2)ccc1O. The molecule has 0 heterocycles. The van der Waals surface area contributed by atoms with Gasteiger partial charge in [-0.2, -0.15) is 0 Å². The lowest BCUT2D eigenvalue weighted by atomic mass is 9.42. The van der Waals surface area contributed by atoms with Gasteiger partial charge in [-0.1, -0.05) is 24.3 Å². The van der Waals surface area contributed by atoms with Crippen molar-refractivity contribution >= 4 is 11.4 Å². The standard InChI is InChI=1S/C34H34N2O4/c35-29-14-27(9-11-31(29)37)39-25-5-1-23(2-6-25)33-16-21-13-22(17-33)19-34(18-21,20-33)24-3-7-26(8-4-24)40-28-10-12-32(38)30(36)15-28/h1-12,14-15,21-22,37-38H,13,16-20,35-36H2. The lowest BCUT2D eigenvalue weighted by Crippen LogP contribution is -2.55. The molecule has 4 aliphatic carbocycles. The molecule has 4 saturated carbocycles. The van der Waals surface area contributed by atoms with Crippen LogP contribution in [0.3, 0.4) is 0 Å². The van der Waals surface area contributed by atoms with Crippen LogP contribution in [0.5, 0.6) is 34.5 Å². The van der Waals surface area contributed by atoms with Crippen molar-refractivity contribution < 1.29 is 19.7 Å². The molecule has 6 nitrogen and oxygen atoms in total. The third kappa shape index (κ3) is 4.28. The first-order chi connectivity index (χ1) is 19.3. The summed E-state index contributed by atoms with van der Waals surface area (Å²) in [6, 6.07) is 27.1. The van der Waals surface area contributed by atoms with Gasteiger partial charge in [0.2, 0.25) is 0 Å². The molecule has 0 unspecified atom stereocenters. The van der Waals surface area contributed by atoms with Crippen molar-refractivity contribution in [1.29, 1.82) is 0 Å². The average Bonchev–Trinajstić information content (AvgIpc) is 2.93. The highest BCUT2D eigenvalue weighted by atomic mass is 16.5. The van der Waals surface area contributed by atoms with E-state index in [1.165, 1.54) is 43.2 Å². The molecule has 8 rings (SSSR count). The first kappa shape index (κ1) is 24.7. The third-order valence-corrected chi connectivity index (χ3v) is 9.46. The van der Waals surface area contributed by atoms with Gasteiger partial charge in [0.1, 0.15) is 34.5 Å². The van der Waals surface area contributed by atoms with Crippen LogP contribution in [0.2, 0.25) is 0 Å². The normalized spacial score (nSPS) is 26.5. The minimum absolute atomic E-state index is 0.0585. The Morgan fingerprint density at radius 2 is 0.925 bits per heavy atom. The van der Waals surface area contributed by atoms with Crippen molar-refractivity contribution in [3.63, 3.8) is 0 Å². The summed E-state index contributed by atoms with van der Waals surface area (Å²) in [6.45, 7) is 0. The zero-order valence-corrected chi connectivity index (χ0v) is 22.3. The molecule has 0 amide bonds. The zero-order chi connectivity index (χ0) is 27.5. The second kappa shape index (κ2) is 9.12. The monoisotopic (exact) mass is 534 g/mol. The Morgan fingerprint density at radius 3 is 1.30 bits per heavy atom. The number of anilines is 2. The van der Waals surface area contributed by atoms with Crippen LogP contribution in [0, 0.1) is 11.8 Å². The van der Waals surface area contributed by atoms with Crippen LogP contribution in [0.15, 0.2) is 84.9 Å². The molecule has 0 aromatic heterocycles. The van der Waals surface area contributed by atoms with Crippen LogP contribution in [0.4, 0.5) is 11.4 Å². The van der Waals surface area contributed by atoms with Gasteiger partial charge in [-0.25, -0.2) is 0 Å². The molecule has 4 aromatic carbocycles. The Bertz CT molecular complexity index is 1440. The number of ether oxygens (including phenoxy) is 2. The molecule has 0 atom stereocenters. The Balaban J connectivity index is 1.12. The Morgan fingerprint density at radius 1 is 0.550 bits per heavy atom. The summed E-state index contributed by atoms with van der Waals surface area (Å²) in [7, 11) is 0. The maximum Gasteiger partial charge on any atom is 0.138 e. The van der Waals surface area contributed by atoms with Crippen molar-refractivity contribution in [3.8, 4) is 34.5 Å². The smallest absolute Gasteiger partial charge is 0.138 e. The quantitative estimate of drug-likeness (QED) is 0.149. The number of nitrogens with two attached hydrogens (primary N) is 2. The maximum atomic E-state index is 9.69. The zero-order valence-electron chi connectivity index (χ0n) is 22.3. The third-order valence-electron chi connectivity index (χ3n) is 9.46. The van der Waals surface area contributed by atoms with E-state index in [2.05, 4.69) is 48.5 Å². The lowest BCUT2D eigenvalue weighted by molar-refractivity contribution is -0.0281. The number of hydrogen-bond acceptors (Lipinski definition) is 6. The fourth-order valence-electron chi connectivity index (χ4n) is 8.16. The predicted molar refractivity (Wildman–Crippen MR) is 156 cm³/mol. The van der Waals surface area contributed by atoms with Gasteiger partial charge in [0.25, 0.3) is 0 Å². The van der Waals surface area contributed by atoms with Crippen LogP contribution >= 0.6 is 0 Å². The van der Waals surface area contributed by atoms with E-state index in [1.54, 1.807) is 36.4 Å². The van der Waals surface area contributed by atoms with Gasteiger partial charge in [-0.3, -0.25) is 0 Å². The molecular weight excluding hydrogens is 500 g/mol. The van der Waals surface area contributed by atoms with Crippen LogP contribution in [-0.4, -0.2) is 10.2 Å². The summed E-state index contributed by atoms with van der Waals surface area (Å²) in [5.74, 6) is 4.35. The molecule has 0 saturated heterocycles. The Labute approximate surface area is 234 Å². The van der Waals surface area contributed by atoms with E-state index < -0.39 is 0 Å². The molecule has 40 heavy (non-hydrogen) atoms. The molecule has 0 aliphatic heterocycles. The number of rotatable bonds is 6. The Kier molecular flexibility index (Phi) is 5.63. The van der Waals surface area contributed by atoms with E-state index in [4.69, 9.17) is 20.9 Å². The minimum Gasteiger partial charge on any atom is -0.506 e. The van der Waals surface area contributed by atoms with Crippen molar-refractivity contribution in [2.24, 2.45) is 11.8 Å². The highest BCUT2D eigenvalue weighted by Crippen LogP contribution is 2.66. The van der Waals surface area contributed by atoms with Crippen LogP contribution < -0.4 is 20.9 Å². The summed E-state index contributed by atoms with van der Waals surface area (Å²) >= 11 is 0. The number of hydrogen-bond donors (Lipinski definition) is 4. The summed E-state index contributed by atoms with van der Waals surface area (Å²) in [6.07, 6.45) is 7.52. The molecule has 0 spiro atoms. The molecule has 4 fully saturated rings. The second-order valence-corrected chi connectivity index (χ2v) is 12.2. The number of aromatic hydroxyl groups is 2. The molecule has 4 aliphatic rings. The minimum atomic E-state index is 0.0585. The van der Waals surface area contributed by atoms with E-state index in [0.29, 0.717) is 22.9 Å². The maximum absolute atomic E-state index is 9.69. The van der Waals surface area contributed by atoms with Crippen molar-refractivity contribution in [2.75, 3.05) is 11.5 Å². The van der Waals surface area contributed by atoms with Crippen molar-refractivity contribution in [2.45, 2.75) is 49.4 Å². The summed E-state index contributed by atoms with van der Waals surface area (Å²) in [5, 5.41) is 19.4. The van der Waals surface area contributed by atoms with E-state index in [0.717, 1.165) is 29.8 Å². The molecule has 6 heteroatoms. The highest BCUT2D eigenvalue weighted by Gasteiger charge is 2.58. The summed E-state index contributed by atoms with van der Waals surface area (Å²) in [5.41, 5.74) is 15.5. The van der Waals surface area contributed by atoms with Crippen LogP contribution in [-0.2, 0) is 10.8 Å². The molecule has 4 aromatic rings. The Hall–Kier alpha value is -4.32. The van der Waals surface area contributed by atoms with Gasteiger partial charge < -0.3 is 31.2 Å². The van der Waals surface area contributed by atoms with Crippen molar-refractivity contribution in [3.05, 3.63) is 96.1 Å². The molecule has 0 radical (unpaired) electrons. The number of benzene rings is 4. The van der Waals surface area contributed by atoms with E-state index in [-0.39, 0.29) is 22.3 Å². The van der Waals surface area contributed by atoms with E-state index >= 15 is 0 Å². The van der Waals surface area contributed by atoms with Gasteiger partial charge in [-0.15, -0.1) is 0 Å². The topological polar surface area (TPSA) is 111 Å². The lowest BCUT2D eigenvalue weighted by Gasteiger charge is -2.62. The summed E-state index contributed by atoms with van der Waals surface area (Å²) in [4.78, 5) is 0. The van der Waals surface area contributed by atoms with Crippen LogP contribution in [0.1, 0.15) is 49.7 Å². The molecule has 4 bridgehead atoms. The largest absolute Gasteiger partial charge is 0.506 e. The summed E-state index contributed by atoms with van der Waals surface area (Å²) < 4.78 is 12.0. The first-order valence-electron chi connectivity index (χ1n) is 14.0. The van der Waals surface area contributed by atoms with Gasteiger partial charge in [0.15, 0.2) is 0 Å². The predicted octanol–water partition coefficient (Wildman–Crippen LogP) is 7.64. The van der Waals surface area contributed by atoms with E-state index in [1.807, 2.05) is 0 Å². The first-order valence-corrected chi connectivity index (χ1v) is 14.0. The molecule has 204 valence electrons. The molecule has 6 N–H and O–H groups in total. The number of nitrogen functional groups attached to an aromatic ring is 2. The highest BCUT2D eigenvalue weighted by molar-refractivity contribution is 5.57. The average molecular weight is 535 g/mol.